The Kier molecular flexibility index (Phi) is 6.30. The third-order valence-electron chi connectivity index (χ3n) is 5.12. The lowest BCUT2D eigenvalue weighted by molar-refractivity contribution is -0.120. The van der Waals surface area contributed by atoms with Gasteiger partial charge in [0.2, 0.25) is 5.91 Å². The molecule has 0 unspecified atom stereocenters. The molecule has 0 spiro atoms. The van der Waals surface area contributed by atoms with E-state index in [1.54, 1.807) is 11.1 Å². The van der Waals surface area contributed by atoms with Crippen molar-refractivity contribution in [2.24, 2.45) is 5.92 Å². The molecule has 7 nitrogen and oxygen atoms in total. The van der Waals surface area contributed by atoms with E-state index < -0.39 is 0 Å². The number of carbonyl (C=O) groups excluding carboxylic acids is 2. The second-order valence-corrected chi connectivity index (χ2v) is 6.90. The van der Waals surface area contributed by atoms with Gasteiger partial charge < -0.3 is 19.9 Å². The molecule has 142 valence electrons. The van der Waals surface area contributed by atoms with Crippen LogP contribution in [0.4, 0.5) is 16.3 Å². The minimum atomic E-state index is -0.249. The summed E-state index contributed by atoms with van der Waals surface area (Å²) >= 11 is 0. The van der Waals surface area contributed by atoms with E-state index in [-0.39, 0.29) is 17.9 Å². The van der Waals surface area contributed by atoms with Crippen molar-refractivity contribution in [3.8, 4) is 0 Å². The summed E-state index contributed by atoms with van der Waals surface area (Å²) in [7, 11) is 0. The van der Waals surface area contributed by atoms with Crippen molar-refractivity contribution in [3.05, 3.63) is 18.3 Å². The molecule has 2 fully saturated rings. The summed E-state index contributed by atoms with van der Waals surface area (Å²) in [5.41, 5.74) is 0.745. The van der Waals surface area contributed by atoms with Crippen molar-refractivity contribution in [1.82, 2.24) is 9.88 Å². The first-order valence-electron chi connectivity index (χ1n) is 9.61. The molecule has 1 aromatic rings. The molecule has 26 heavy (non-hydrogen) atoms. The molecule has 1 saturated heterocycles. The third-order valence-corrected chi connectivity index (χ3v) is 5.12. The average molecular weight is 360 g/mol. The lowest BCUT2D eigenvalue weighted by Gasteiger charge is -2.34. The molecular formula is C19H28N4O3. The molecule has 2 aliphatic rings. The second-order valence-electron chi connectivity index (χ2n) is 6.90. The monoisotopic (exact) mass is 360 g/mol. The van der Waals surface area contributed by atoms with Crippen molar-refractivity contribution in [2.75, 3.05) is 43.0 Å². The van der Waals surface area contributed by atoms with Gasteiger partial charge in [-0.3, -0.25) is 4.79 Å². The van der Waals surface area contributed by atoms with Crippen LogP contribution in [0.25, 0.3) is 0 Å². The first-order valence-corrected chi connectivity index (χ1v) is 9.61. The fourth-order valence-corrected chi connectivity index (χ4v) is 3.59. The Morgan fingerprint density at radius 2 is 1.88 bits per heavy atom. The summed E-state index contributed by atoms with van der Waals surface area (Å²) in [6, 6.07) is 3.83. The fourth-order valence-electron chi connectivity index (χ4n) is 3.59. The van der Waals surface area contributed by atoms with Crippen LogP contribution in [0.1, 0.15) is 39.0 Å². The predicted octanol–water partition coefficient (Wildman–Crippen LogP) is 2.88. The Bertz CT molecular complexity index is 606. The van der Waals surface area contributed by atoms with Gasteiger partial charge in [0, 0.05) is 32.1 Å². The van der Waals surface area contributed by atoms with Crippen molar-refractivity contribution in [2.45, 2.75) is 39.0 Å². The molecule has 0 radical (unpaired) electrons. The van der Waals surface area contributed by atoms with E-state index in [0.717, 1.165) is 50.3 Å². The van der Waals surface area contributed by atoms with E-state index in [1.165, 1.54) is 6.42 Å². The van der Waals surface area contributed by atoms with Gasteiger partial charge in [-0.15, -0.1) is 0 Å². The van der Waals surface area contributed by atoms with Gasteiger partial charge in [0.05, 0.1) is 18.5 Å². The smallest absolute Gasteiger partial charge is 0.409 e. The second kappa shape index (κ2) is 8.87. The minimum absolute atomic E-state index is 0.113. The maximum atomic E-state index is 12.3. The number of hydrogen-bond acceptors (Lipinski definition) is 5. The van der Waals surface area contributed by atoms with Crippen LogP contribution in [0.15, 0.2) is 18.3 Å². The normalized spacial score (nSPS) is 18.5. The molecule has 1 aliphatic carbocycles. The molecule has 1 aromatic heterocycles. The summed E-state index contributed by atoms with van der Waals surface area (Å²) in [5, 5.41) is 2.99. The van der Waals surface area contributed by atoms with Gasteiger partial charge in [-0.2, -0.15) is 0 Å². The van der Waals surface area contributed by atoms with Crippen LogP contribution in [0, 0.1) is 5.92 Å². The first kappa shape index (κ1) is 18.5. The summed E-state index contributed by atoms with van der Waals surface area (Å²) in [5.74, 6) is 1.12. The van der Waals surface area contributed by atoms with Crippen LogP contribution in [0.5, 0.6) is 0 Å². The highest BCUT2D eigenvalue weighted by molar-refractivity contribution is 5.92. The fraction of sp³-hybridized carbons (Fsp3) is 0.632. The van der Waals surface area contributed by atoms with Gasteiger partial charge in [-0.1, -0.05) is 19.3 Å². The number of amides is 2. The Morgan fingerprint density at radius 3 is 2.50 bits per heavy atom. The first-order chi connectivity index (χ1) is 12.7. The molecule has 3 rings (SSSR count). The Morgan fingerprint density at radius 1 is 1.15 bits per heavy atom. The summed E-state index contributed by atoms with van der Waals surface area (Å²) in [6.07, 6.45) is 6.97. The quantitative estimate of drug-likeness (QED) is 0.894. The van der Waals surface area contributed by atoms with Gasteiger partial charge in [0.25, 0.3) is 0 Å². The zero-order valence-corrected chi connectivity index (χ0v) is 15.4. The van der Waals surface area contributed by atoms with Gasteiger partial charge in [0.1, 0.15) is 5.82 Å². The number of hydrogen-bond donors (Lipinski definition) is 1. The van der Waals surface area contributed by atoms with E-state index in [2.05, 4.69) is 15.2 Å². The molecule has 1 aliphatic heterocycles. The Balaban J connectivity index is 1.50. The van der Waals surface area contributed by atoms with Crippen molar-refractivity contribution in [1.29, 1.82) is 0 Å². The number of ether oxygens (including phenoxy) is 1. The highest BCUT2D eigenvalue weighted by Gasteiger charge is 2.23. The van der Waals surface area contributed by atoms with Crippen LogP contribution in [0.3, 0.4) is 0 Å². The number of aromatic nitrogens is 1. The summed E-state index contributed by atoms with van der Waals surface area (Å²) in [4.78, 5) is 32.4. The topological polar surface area (TPSA) is 74.8 Å². The Hall–Kier alpha value is -2.31. The SMILES string of the molecule is CCOC(=O)N1CCN(c2ccc(NC(=O)C3CCCCC3)cn2)CC1. The molecular weight excluding hydrogens is 332 g/mol. The molecule has 0 bridgehead atoms. The molecule has 1 N–H and O–H groups in total. The van der Waals surface area contributed by atoms with Gasteiger partial charge in [-0.05, 0) is 31.9 Å². The number of nitrogens with zero attached hydrogens (tertiary/aromatic N) is 3. The highest BCUT2D eigenvalue weighted by atomic mass is 16.6. The minimum Gasteiger partial charge on any atom is -0.450 e. The average Bonchev–Trinajstić information content (AvgIpc) is 2.69. The van der Waals surface area contributed by atoms with Crippen LogP contribution in [0.2, 0.25) is 0 Å². The van der Waals surface area contributed by atoms with E-state index in [0.29, 0.717) is 19.7 Å². The van der Waals surface area contributed by atoms with Crippen molar-refractivity contribution < 1.29 is 14.3 Å². The largest absolute Gasteiger partial charge is 0.450 e. The number of nitrogens with one attached hydrogen (secondary N) is 1. The van der Waals surface area contributed by atoms with Crippen LogP contribution in [-0.2, 0) is 9.53 Å². The number of carbonyl (C=O) groups is 2. The number of anilines is 2. The lowest BCUT2D eigenvalue weighted by Crippen LogP contribution is -2.49. The standard InChI is InChI=1S/C19H28N4O3/c1-2-26-19(25)23-12-10-22(11-13-23)17-9-8-16(14-20-17)21-18(24)15-6-4-3-5-7-15/h8-9,14-15H,2-7,10-13H2,1H3,(H,21,24). The number of piperazine rings is 1. The maximum absolute atomic E-state index is 12.3. The summed E-state index contributed by atoms with van der Waals surface area (Å²) < 4.78 is 5.04. The van der Waals surface area contributed by atoms with Gasteiger partial charge in [0.15, 0.2) is 0 Å². The zero-order valence-electron chi connectivity index (χ0n) is 15.4. The maximum Gasteiger partial charge on any atom is 0.409 e. The van der Waals surface area contributed by atoms with Gasteiger partial charge in [-0.25, -0.2) is 9.78 Å². The van der Waals surface area contributed by atoms with Gasteiger partial charge >= 0.3 is 6.09 Å². The summed E-state index contributed by atoms with van der Waals surface area (Å²) in [6.45, 7) is 4.90. The van der Waals surface area contributed by atoms with Crippen molar-refractivity contribution in [3.63, 3.8) is 0 Å². The van der Waals surface area contributed by atoms with E-state index >= 15 is 0 Å². The predicted molar refractivity (Wildman–Crippen MR) is 100 cm³/mol. The highest BCUT2D eigenvalue weighted by Crippen LogP contribution is 2.25. The molecule has 2 heterocycles. The molecule has 1 saturated carbocycles. The Labute approximate surface area is 154 Å². The van der Waals surface area contributed by atoms with E-state index in [4.69, 9.17) is 4.74 Å². The van der Waals surface area contributed by atoms with Crippen LogP contribution < -0.4 is 10.2 Å². The molecule has 0 atom stereocenters. The van der Waals surface area contributed by atoms with Crippen molar-refractivity contribution >= 4 is 23.5 Å². The van der Waals surface area contributed by atoms with Crippen LogP contribution >= 0.6 is 0 Å². The lowest BCUT2D eigenvalue weighted by atomic mass is 9.88. The van der Waals surface area contributed by atoms with Crippen LogP contribution in [-0.4, -0.2) is 54.7 Å². The third kappa shape index (κ3) is 4.65. The molecule has 2 amide bonds. The number of rotatable bonds is 4. The molecule has 7 heteroatoms. The van der Waals surface area contributed by atoms with E-state index in [1.807, 2.05) is 19.1 Å². The zero-order chi connectivity index (χ0) is 18.4. The molecule has 0 aromatic carbocycles. The number of pyridine rings is 1. The van der Waals surface area contributed by atoms with E-state index in [9.17, 15) is 9.59 Å².